The van der Waals surface area contributed by atoms with E-state index in [-0.39, 0.29) is 12.2 Å². The summed E-state index contributed by atoms with van der Waals surface area (Å²) in [4.78, 5) is 7.31. The Kier molecular flexibility index (Phi) is 5.72. The van der Waals surface area contributed by atoms with Crippen molar-refractivity contribution in [1.82, 2.24) is 25.0 Å². The molecule has 0 amide bonds. The molecule has 31 heavy (non-hydrogen) atoms. The summed E-state index contributed by atoms with van der Waals surface area (Å²) in [5.74, 6) is 1.01. The predicted octanol–water partition coefficient (Wildman–Crippen LogP) is 5.13. The Bertz CT molecular complexity index is 1180. The molecule has 4 aromatic rings. The minimum absolute atomic E-state index is 0.178. The lowest BCUT2D eigenvalue weighted by Crippen LogP contribution is -2.09. The first-order valence-corrected chi connectivity index (χ1v) is 9.32. The number of pyridine rings is 2. The maximum Gasteiger partial charge on any atom is 0.433 e. The summed E-state index contributed by atoms with van der Waals surface area (Å²) in [6, 6.07) is 11.0. The Hall–Kier alpha value is -3.66. The van der Waals surface area contributed by atoms with Crippen molar-refractivity contribution in [3.63, 3.8) is 0 Å². The monoisotopic (exact) mass is 446 g/mol. The van der Waals surface area contributed by atoms with Crippen LogP contribution in [0.15, 0.2) is 67.3 Å². The largest absolute Gasteiger partial charge is 0.454 e. The Labute approximate surface area is 179 Å². The number of ether oxygens (including phenoxy) is 1. The van der Waals surface area contributed by atoms with E-state index in [9.17, 15) is 13.2 Å². The average molecular weight is 447 g/mol. The van der Waals surface area contributed by atoms with E-state index in [2.05, 4.69) is 25.6 Å². The molecule has 7 nitrogen and oxygen atoms in total. The highest BCUT2D eigenvalue weighted by atomic mass is 35.5. The molecule has 0 aliphatic heterocycles. The van der Waals surface area contributed by atoms with E-state index >= 15 is 0 Å². The van der Waals surface area contributed by atoms with Gasteiger partial charge in [0.2, 0.25) is 0 Å². The third-order valence-corrected chi connectivity index (χ3v) is 4.40. The van der Waals surface area contributed by atoms with Crippen molar-refractivity contribution < 1.29 is 17.9 Å². The Balaban J connectivity index is 1.43. The van der Waals surface area contributed by atoms with Gasteiger partial charge in [-0.1, -0.05) is 16.8 Å². The van der Waals surface area contributed by atoms with Crippen LogP contribution in [-0.4, -0.2) is 25.0 Å². The Morgan fingerprint density at radius 1 is 1.10 bits per heavy atom. The second-order valence-electron chi connectivity index (χ2n) is 6.34. The van der Waals surface area contributed by atoms with Gasteiger partial charge in [-0.05, 0) is 42.5 Å². The van der Waals surface area contributed by atoms with Crippen LogP contribution in [-0.2, 0) is 12.7 Å². The minimum atomic E-state index is -4.51. The second-order valence-corrected chi connectivity index (χ2v) is 6.75. The van der Waals surface area contributed by atoms with Gasteiger partial charge in [0.1, 0.15) is 22.9 Å². The fraction of sp³-hybridized carbons (Fsp3) is 0.100. The van der Waals surface area contributed by atoms with E-state index in [0.29, 0.717) is 27.9 Å². The van der Waals surface area contributed by atoms with Crippen LogP contribution in [0.25, 0.3) is 5.69 Å². The standard InChI is InChI=1S/C20H14ClF3N6O/c21-17-9-15(3-4-18(17)31-16-2-1-6-25-11-16)30-12-14(28-29-30)10-27-13-5-7-26-19(8-13)20(22,23)24/h1-9,11-12H,10H2,(H,26,27). The molecule has 0 spiro atoms. The molecule has 0 fully saturated rings. The Morgan fingerprint density at radius 2 is 1.97 bits per heavy atom. The summed E-state index contributed by atoms with van der Waals surface area (Å²) in [5.41, 5.74) is 0.476. The molecule has 0 atom stereocenters. The predicted molar refractivity (Wildman–Crippen MR) is 107 cm³/mol. The lowest BCUT2D eigenvalue weighted by molar-refractivity contribution is -0.141. The molecule has 0 aliphatic rings. The molecule has 1 aromatic carbocycles. The molecule has 0 aliphatic carbocycles. The normalized spacial score (nSPS) is 11.4. The zero-order valence-corrected chi connectivity index (χ0v) is 16.5. The average Bonchev–Trinajstić information content (AvgIpc) is 3.23. The maximum atomic E-state index is 12.8. The van der Waals surface area contributed by atoms with Gasteiger partial charge in [-0.2, -0.15) is 13.2 Å². The molecule has 0 saturated heterocycles. The van der Waals surface area contributed by atoms with E-state index in [0.717, 1.165) is 12.3 Å². The van der Waals surface area contributed by atoms with Gasteiger partial charge in [-0.15, -0.1) is 5.10 Å². The van der Waals surface area contributed by atoms with Crippen LogP contribution in [0, 0.1) is 0 Å². The lowest BCUT2D eigenvalue weighted by atomic mass is 10.3. The van der Waals surface area contributed by atoms with Crippen molar-refractivity contribution >= 4 is 17.3 Å². The molecule has 0 unspecified atom stereocenters. The van der Waals surface area contributed by atoms with Crippen LogP contribution in [0.4, 0.5) is 18.9 Å². The third-order valence-electron chi connectivity index (χ3n) is 4.11. The summed E-state index contributed by atoms with van der Waals surface area (Å²) >= 11 is 6.31. The van der Waals surface area contributed by atoms with Crippen molar-refractivity contribution in [1.29, 1.82) is 0 Å². The fourth-order valence-electron chi connectivity index (χ4n) is 2.64. The molecule has 0 radical (unpaired) electrons. The van der Waals surface area contributed by atoms with Crippen molar-refractivity contribution in [2.24, 2.45) is 0 Å². The number of nitrogens with zero attached hydrogens (tertiary/aromatic N) is 5. The molecule has 3 heterocycles. The number of benzene rings is 1. The van der Waals surface area contributed by atoms with Crippen LogP contribution in [0.3, 0.4) is 0 Å². The first-order valence-electron chi connectivity index (χ1n) is 8.94. The quantitative estimate of drug-likeness (QED) is 0.442. The van der Waals surface area contributed by atoms with E-state index in [1.165, 1.54) is 10.7 Å². The van der Waals surface area contributed by atoms with Crippen LogP contribution in [0.1, 0.15) is 11.4 Å². The third kappa shape index (κ3) is 5.10. The van der Waals surface area contributed by atoms with Gasteiger partial charge in [0.25, 0.3) is 0 Å². The van der Waals surface area contributed by atoms with Gasteiger partial charge in [0.05, 0.1) is 29.6 Å². The van der Waals surface area contributed by atoms with Gasteiger partial charge in [0, 0.05) is 18.1 Å². The molecule has 0 saturated carbocycles. The van der Waals surface area contributed by atoms with E-state index < -0.39 is 11.9 Å². The van der Waals surface area contributed by atoms with E-state index in [1.807, 2.05) is 0 Å². The van der Waals surface area contributed by atoms with Crippen molar-refractivity contribution in [3.8, 4) is 17.2 Å². The highest BCUT2D eigenvalue weighted by Crippen LogP contribution is 2.31. The molecular formula is C20H14ClF3N6O. The summed E-state index contributed by atoms with van der Waals surface area (Å²) in [5, 5.41) is 11.3. The number of alkyl halides is 3. The summed E-state index contributed by atoms with van der Waals surface area (Å²) in [7, 11) is 0. The van der Waals surface area contributed by atoms with Gasteiger partial charge >= 0.3 is 6.18 Å². The number of anilines is 1. The molecular weight excluding hydrogens is 433 g/mol. The number of aromatic nitrogens is 5. The molecule has 158 valence electrons. The first-order chi connectivity index (χ1) is 14.9. The maximum absolute atomic E-state index is 12.8. The van der Waals surface area contributed by atoms with Gasteiger partial charge < -0.3 is 10.1 Å². The van der Waals surface area contributed by atoms with Crippen LogP contribution in [0.2, 0.25) is 5.02 Å². The number of hydrogen-bond donors (Lipinski definition) is 1. The first kappa shape index (κ1) is 20.6. The smallest absolute Gasteiger partial charge is 0.433 e. The molecule has 4 rings (SSSR count). The van der Waals surface area contributed by atoms with Crippen molar-refractivity contribution in [2.45, 2.75) is 12.7 Å². The second kappa shape index (κ2) is 8.60. The van der Waals surface area contributed by atoms with Crippen molar-refractivity contribution in [3.05, 3.63) is 83.7 Å². The van der Waals surface area contributed by atoms with Gasteiger partial charge in [0.15, 0.2) is 0 Å². The number of nitrogens with one attached hydrogen (secondary N) is 1. The summed E-state index contributed by atoms with van der Waals surface area (Å²) in [6.45, 7) is 0.178. The topological polar surface area (TPSA) is 77.8 Å². The van der Waals surface area contributed by atoms with Crippen LogP contribution in [0.5, 0.6) is 11.5 Å². The van der Waals surface area contributed by atoms with E-state index in [4.69, 9.17) is 16.3 Å². The van der Waals surface area contributed by atoms with Crippen LogP contribution < -0.4 is 10.1 Å². The minimum Gasteiger partial charge on any atom is -0.454 e. The van der Waals surface area contributed by atoms with E-state index in [1.54, 1.807) is 48.9 Å². The fourth-order valence-corrected chi connectivity index (χ4v) is 2.86. The summed E-state index contributed by atoms with van der Waals surface area (Å²) in [6.07, 6.45) is 1.44. The molecule has 3 aromatic heterocycles. The number of rotatable bonds is 6. The molecule has 11 heteroatoms. The van der Waals surface area contributed by atoms with Crippen LogP contribution >= 0.6 is 11.6 Å². The molecule has 1 N–H and O–H groups in total. The summed E-state index contributed by atoms with van der Waals surface area (Å²) < 4.78 is 45.5. The zero-order valence-electron chi connectivity index (χ0n) is 15.7. The highest BCUT2D eigenvalue weighted by Gasteiger charge is 2.32. The lowest BCUT2D eigenvalue weighted by Gasteiger charge is -2.09. The zero-order chi connectivity index (χ0) is 21.8. The van der Waals surface area contributed by atoms with Gasteiger partial charge in [-0.3, -0.25) is 9.97 Å². The number of hydrogen-bond acceptors (Lipinski definition) is 6. The number of halogens is 4. The SMILES string of the molecule is FC(F)(F)c1cc(NCc2cn(-c3ccc(Oc4cccnc4)c(Cl)c3)nn2)ccn1. The van der Waals surface area contributed by atoms with Crippen molar-refractivity contribution in [2.75, 3.05) is 5.32 Å². The highest BCUT2D eigenvalue weighted by molar-refractivity contribution is 6.32. The molecule has 0 bridgehead atoms. The van der Waals surface area contributed by atoms with Gasteiger partial charge in [-0.25, -0.2) is 4.68 Å². The Morgan fingerprint density at radius 3 is 2.71 bits per heavy atom.